The Balaban J connectivity index is 1.87. The minimum atomic E-state index is -0.180. The van der Waals surface area contributed by atoms with Gasteiger partial charge in [0.05, 0.1) is 24.1 Å². The van der Waals surface area contributed by atoms with Gasteiger partial charge in [-0.15, -0.1) is 0 Å². The molecule has 0 aliphatic rings. The monoisotopic (exact) mass is 352 g/mol. The fourth-order valence-corrected chi connectivity index (χ4v) is 2.85. The number of hydrogen-bond acceptors (Lipinski definition) is 3. The Bertz CT molecular complexity index is 913. The van der Waals surface area contributed by atoms with E-state index in [1.54, 1.807) is 24.8 Å². The molecule has 5 heteroatoms. The summed E-state index contributed by atoms with van der Waals surface area (Å²) in [6, 6.07) is 16.9. The van der Waals surface area contributed by atoms with E-state index in [0.717, 1.165) is 17.0 Å². The van der Waals surface area contributed by atoms with Gasteiger partial charge in [-0.25, -0.2) is 4.68 Å². The first-order valence-corrected chi connectivity index (χ1v) is 8.15. The Morgan fingerprint density at radius 1 is 1.12 bits per heavy atom. The standard InChI is InChI=1S/C20H17ClN2O2/c1-14-19(20(21)23(22-14)16-6-4-3-5-7-16)18(24)13-10-15-8-11-17(25-2)12-9-15/h3-13H,1-2H3. The average Bonchev–Trinajstić information content (AvgIpc) is 2.95. The second-order valence-corrected chi connectivity index (χ2v) is 5.83. The number of aromatic nitrogens is 2. The molecule has 0 amide bonds. The highest BCUT2D eigenvalue weighted by atomic mass is 35.5. The number of benzene rings is 2. The summed E-state index contributed by atoms with van der Waals surface area (Å²) in [4.78, 5) is 12.6. The van der Waals surface area contributed by atoms with Gasteiger partial charge < -0.3 is 4.74 Å². The number of ether oxygens (including phenoxy) is 1. The van der Waals surface area contributed by atoms with Crippen molar-refractivity contribution in [1.82, 2.24) is 9.78 Å². The molecule has 1 heterocycles. The summed E-state index contributed by atoms with van der Waals surface area (Å²) in [6.45, 7) is 1.78. The van der Waals surface area contributed by atoms with Gasteiger partial charge in [0.1, 0.15) is 10.9 Å². The molecule has 0 saturated heterocycles. The number of hydrogen-bond donors (Lipinski definition) is 0. The second kappa shape index (κ2) is 7.36. The zero-order chi connectivity index (χ0) is 17.8. The summed E-state index contributed by atoms with van der Waals surface area (Å²) in [7, 11) is 1.61. The van der Waals surface area contributed by atoms with Crippen molar-refractivity contribution in [2.45, 2.75) is 6.92 Å². The third kappa shape index (κ3) is 3.64. The van der Waals surface area contributed by atoms with Gasteiger partial charge in [0.15, 0.2) is 5.78 Å². The van der Waals surface area contributed by atoms with Crippen LogP contribution in [0, 0.1) is 6.92 Å². The molecular weight excluding hydrogens is 336 g/mol. The van der Waals surface area contributed by atoms with E-state index in [9.17, 15) is 4.79 Å². The van der Waals surface area contributed by atoms with Crippen molar-refractivity contribution < 1.29 is 9.53 Å². The Morgan fingerprint density at radius 2 is 1.80 bits per heavy atom. The molecule has 0 aliphatic heterocycles. The summed E-state index contributed by atoms with van der Waals surface area (Å²) in [5, 5.41) is 4.71. The van der Waals surface area contributed by atoms with E-state index in [1.807, 2.05) is 54.6 Å². The van der Waals surface area contributed by atoms with Crippen LogP contribution < -0.4 is 4.74 Å². The summed E-state index contributed by atoms with van der Waals surface area (Å²) in [5.74, 6) is 0.590. The number of allylic oxidation sites excluding steroid dienone is 1. The van der Waals surface area contributed by atoms with Gasteiger partial charge in [-0.1, -0.05) is 48.0 Å². The number of halogens is 1. The number of carbonyl (C=O) groups excluding carboxylic acids is 1. The first kappa shape index (κ1) is 17.0. The lowest BCUT2D eigenvalue weighted by molar-refractivity contribution is 0.104. The zero-order valence-electron chi connectivity index (χ0n) is 13.9. The van der Waals surface area contributed by atoms with Crippen LogP contribution in [0.15, 0.2) is 60.7 Å². The predicted molar refractivity (Wildman–Crippen MR) is 99.7 cm³/mol. The third-order valence-corrected chi connectivity index (χ3v) is 4.14. The average molecular weight is 353 g/mol. The van der Waals surface area contributed by atoms with E-state index in [-0.39, 0.29) is 5.78 Å². The van der Waals surface area contributed by atoms with Gasteiger partial charge in [-0.2, -0.15) is 5.10 Å². The molecule has 0 N–H and O–H groups in total. The molecule has 0 atom stereocenters. The smallest absolute Gasteiger partial charge is 0.190 e. The molecule has 4 nitrogen and oxygen atoms in total. The highest BCUT2D eigenvalue weighted by Crippen LogP contribution is 2.24. The second-order valence-electron chi connectivity index (χ2n) is 5.47. The highest BCUT2D eigenvalue weighted by Gasteiger charge is 2.19. The van der Waals surface area contributed by atoms with Crippen LogP contribution in [0.2, 0.25) is 5.15 Å². The maximum Gasteiger partial charge on any atom is 0.190 e. The van der Waals surface area contributed by atoms with Crippen LogP contribution in [0.3, 0.4) is 0 Å². The van der Waals surface area contributed by atoms with Crippen LogP contribution in [-0.2, 0) is 0 Å². The number of methoxy groups -OCH3 is 1. The van der Waals surface area contributed by atoms with Crippen LogP contribution in [0.1, 0.15) is 21.6 Å². The maximum absolute atomic E-state index is 12.6. The molecular formula is C20H17ClN2O2. The molecule has 25 heavy (non-hydrogen) atoms. The Morgan fingerprint density at radius 3 is 2.44 bits per heavy atom. The summed E-state index contributed by atoms with van der Waals surface area (Å²) in [5.41, 5.74) is 2.72. The molecule has 0 spiro atoms. The number of carbonyl (C=O) groups is 1. The van der Waals surface area contributed by atoms with Crippen molar-refractivity contribution in [3.8, 4) is 11.4 Å². The zero-order valence-corrected chi connectivity index (χ0v) is 14.7. The fourth-order valence-electron chi connectivity index (χ4n) is 2.49. The SMILES string of the molecule is COc1ccc(C=CC(=O)c2c(C)nn(-c3ccccc3)c2Cl)cc1. The van der Waals surface area contributed by atoms with Crippen molar-refractivity contribution in [2.75, 3.05) is 7.11 Å². The van der Waals surface area contributed by atoms with Gasteiger partial charge in [-0.3, -0.25) is 4.79 Å². The number of aryl methyl sites for hydroxylation is 1. The van der Waals surface area contributed by atoms with Crippen molar-refractivity contribution in [3.05, 3.63) is 82.6 Å². The molecule has 3 rings (SSSR count). The Hall–Kier alpha value is -2.85. The van der Waals surface area contributed by atoms with E-state index < -0.39 is 0 Å². The molecule has 0 bridgehead atoms. The van der Waals surface area contributed by atoms with Crippen molar-refractivity contribution in [2.24, 2.45) is 0 Å². The van der Waals surface area contributed by atoms with Crippen molar-refractivity contribution >= 4 is 23.5 Å². The lowest BCUT2D eigenvalue weighted by atomic mass is 10.1. The van der Waals surface area contributed by atoms with Crippen LogP contribution in [-0.4, -0.2) is 22.7 Å². The van der Waals surface area contributed by atoms with Gasteiger partial charge >= 0.3 is 0 Å². The number of rotatable bonds is 5. The molecule has 0 aliphatic carbocycles. The molecule has 0 unspecified atom stereocenters. The van der Waals surface area contributed by atoms with Crippen LogP contribution in [0.25, 0.3) is 11.8 Å². The van der Waals surface area contributed by atoms with Gasteiger partial charge in [0.25, 0.3) is 0 Å². The Kier molecular flexibility index (Phi) is 5.00. The largest absolute Gasteiger partial charge is 0.497 e. The molecule has 126 valence electrons. The summed E-state index contributed by atoms with van der Waals surface area (Å²) in [6.07, 6.45) is 3.25. The predicted octanol–water partition coefficient (Wildman–Crippen LogP) is 4.74. The van der Waals surface area contributed by atoms with Crippen LogP contribution in [0.5, 0.6) is 5.75 Å². The Labute approximate surface area is 151 Å². The fraction of sp³-hybridized carbons (Fsp3) is 0.100. The number of nitrogens with zero attached hydrogens (tertiary/aromatic N) is 2. The van der Waals surface area contributed by atoms with E-state index in [4.69, 9.17) is 16.3 Å². The first-order chi connectivity index (χ1) is 12.1. The van der Waals surface area contributed by atoms with Gasteiger partial charge in [0, 0.05) is 0 Å². The lowest BCUT2D eigenvalue weighted by Crippen LogP contribution is -1.98. The molecule has 1 aromatic heterocycles. The van der Waals surface area contributed by atoms with Crippen LogP contribution >= 0.6 is 11.6 Å². The minimum absolute atomic E-state index is 0.180. The minimum Gasteiger partial charge on any atom is -0.497 e. The van der Waals surface area contributed by atoms with Gasteiger partial charge in [-0.05, 0) is 42.8 Å². The van der Waals surface area contributed by atoms with E-state index >= 15 is 0 Å². The molecule has 2 aromatic carbocycles. The number of para-hydroxylation sites is 1. The van der Waals surface area contributed by atoms with Crippen molar-refractivity contribution in [3.63, 3.8) is 0 Å². The lowest BCUT2D eigenvalue weighted by Gasteiger charge is -2.02. The maximum atomic E-state index is 12.6. The van der Waals surface area contributed by atoms with Gasteiger partial charge in [0.2, 0.25) is 0 Å². The molecule has 0 saturated carbocycles. The van der Waals surface area contributed by atoms with Crippen LogP contribution in [0.4, 0.5) is 0 Å². The third-order valence-electron chi connectivity index (χ3n) is 3.79. The van der Waals surface area contributed by atoms with E-state index in [2.05, 4.69) is 5.10 Å². The molecule has 0 radical (unpaired) electrons. The van der Waals surface area contributed by atoms with Crippen molar-refractivity contribution in [1.29, 1.82) is 0 Å². The molecule has 0 fully saturated rings. The quantitative estimate of drug-likeness (QED) is 0.492. The number of ketones is 1. The molecule has 3 aromatic rings. The first-order valence-electron chi connectivity index (χ1n) is 7.77. The summed E-state index contributed by atoms with van der Waals surface area (Å²) >= 11 is 6.41. The summed E-state index contributed by atoms with van der Waals surface area (Å²) < 4.78 is 6.70. The van der Waals surface area contributed by atoms with E-state index in [0.29, 0.717) is 16.4 Å². The topological polar surface area (TPSA) is 44.1 Å². The van der Waals surface area contributed by atoms with E-state index in [1.165, 1.54) is 6.08 Å². The normalized spacial score (nSPS) is 11.0. The highest BCUT2D eigenvalue weighted by molar-refractivity contribution is 6.34.